The first kappa shape index (κ1) is 23.1. The van der Waals surface area contributed by atoms with Crippen LogP contribution in [0.3, 0.4) is 0 Å². The number of carbonyl (C=O) groups is 3. The molecule has 3 amide bonds. The van der Waals surface area contributed by atoms with E-state index < -0.39 is 6.04 Å². The van der Waals surface area contributed by atoms with Crippen LogP contribution in [0.1, 0.15) is 25.0 Å². The molecule has 0 bridgehead atoms. The summed E-state index contributed by atoms with van der Waals surface area (Å²) in [4.78, 5) is 36.7. The molecule has 160 valence electrons. The average Bonchev–Trinajstić information content (AvgIpc) is 2.70. The average molecular weight is 413 g/mol. The minimum Gasteiger partial charge on any atom is -0.354 e. The van der Waals surface area contributed by atoms with E-state index in [0.717, 1.165) is 5.56 Å². The number of hydrogen-bond acceptors (Lipinski definition) is 3. The molecule has 0 saturated carbocycles. The van der Waals surface area contributed by atoms with Crippen LogP contribution < -0.4 is 16.0 Å². The Morgan fingerprint density at radius 3 is 2.13 bits per heavy atom. The van der Waals surface area contributed by atoms with Gasteiger partial charge in [0.15, 0.2) is 0 Å². The van der Waals surface area contributed by atoms with Crippen molar-refractivity contribution in [3.05, 3.63) is 71.5 Å². The van der Waals surface area contributed by atoms with Crippen LogP contribution in [0.4, 0.5) is 4.39 Å². The van der Waals surface area contributed by atoms with E-state index >= 15 is 0 Å². The number of carbonyl (C=O) groups excluding carboxylic acids is 3. The van der Waals surface area contributed by atoms with Gasteiger partial charge in [0.2, 0.25) is 17.7 Å². The molecule has 0 spiro atoms. The highest BCUT2D eigenvalue weighted by molar-refractivity contribution is 5.88. The number of amides is 3. The Balaban J connectivity index is 1.74. The maximum Gasteiger partial charge on any atom is 0.242 e. The van der Waals surface area contributed by atoms with Gasteiger partial charge in [0, 0.05) is 13.1 Å². The first-order valence-corrected chi connectivity index (χ1v) is 9.97. The van der Waals surface area contributed by atoms with Gasteiger partial charge >= 0.3 is 0 Å². The Hall–Kier alpha value is -3.22. The summed E-state index contributed by atoms with van der Waals surface area (Å²) in [6, 6.07) is 14.5. The number of benzene rings is 2. The summed E-state index contributed by atoms with van der Waals surface area (Å²) < 4.78 is 13.2. The van der Waals surface area contributed by atoms with Gasteiger partial charge in [-0.2, -0.15) is 0 Å². The fraction of sp³-hybridized carbons (Fsp3) is 0.348. The van der Waals surface area contributed by atoms with Crippen LogP contribution in [0.5, 0.6) is 0 Å². The normalized spacial score (nSPS) is 11.6. The standard InChI is InChI=1S/C23H28FN3O3/c1-16(2)22(27-21(29)14-17-7-4-3-5-8-17)23(30)26-12-11-25-20(28)15-18-9-6-10-19(24)13-18/h3-10,13,16,22H,11-12,14-15H2,1-2H3,(H,25,28)(H,26,30)(H,27,29). The minimum atomic E-state index is -0.663. The zero-order chi connectivity index (χ0) is 21.9. The van der Waals surface area contributed by atoms with Crippen molar-refractivity contribution in [1.29, 1.82) is 0 Å². The molecule has 1 atom stereocenters. The highest BCUT2D eigenvalue weighted by Gasteiger charge is 2.23. The third kappa shape index (κ3) is 8.03. The molecule has 0 radical (unpaired) electrons. The largest absolute Gasteiger partial charge is 0.354 e. The van der Waals surface area contributed by atoms with E-state index in [1.54, 1.807) is 12.1 Å². The van der Waals surface area contributed by atoms with Gasteiger partial charge in [-0.25, -0.2) is 4.39 Å². The van der Waals surface area contributed by atoms with Crippen LogP contribution in [-0.4, -0.2) is 36.9 Å². The molecule has 2 aromatic rings. The smallest absolute Gasteiger partial charge is 0.242 e. The fourth-order valence-electron chi connectivity index (χ4n) is 2.93. The maximum absolute atomic E-state index is 13.2. The van der Waals surface area contributed by atoms with Crippen molar-refractivity contribution in [3.63, 3.8) is 0 Å². The van der Waals surface area contributed by atoms with E-state index in [2.05, 4.69) is 16.0 Å². The van der Waals surface area contributed by atoms with Gasteiger partial charge in [0.25, 0.3) is 0 Å². The Labute approximate surface area is 176 Å². The molecule has 0 aliphatic carbocycles. The summed E-state index contributed by atoms with van der Waals surface area (Å²) in [5, 5.41) is 8.20. The summed E-state index contributed by atoms with van der Waals surface area (Å²) in [6.45, 7) is 4.18. The van der Waals surface area contributed by atoms with Crippen molar-refractivity contribution in [2.75, 3.05) is 13.1 Å². The molecule has 7 heteroatoms. The lowest BCUT2D eigenvalue weighted by Crippen LogP contribution is -2.51. The highest BCUT2D eigenvalue weighted by atomic mass is 19.1. The van der Waals surface area contributed by atoms with Crippen LogP contribution >= 0.6 is 0 Å². The summed E-state index contributed by atoms with van der Waals surface area (Å²) >= 11 is 0. The minimum absolute atomic E-state index is 0.0653. The number of halogens is 1. The van der Waals surface area contributed by atoms with E-state index in [1.165, 1.54) is 12.1 Å². The molecular weight excluding hydrogens is 385 g/mol. The molecular formula is C23H28FN3O3. The summed E-state index contributed by atoms with van der Waals surface area (Å²) in [7, 11) is 0. The van der Waals surface area contributed by atoms with Crippen molar-refractivity contribution in [1.82, 2.24) is 16.0 Å². The van der Waals surface area contributed by atoms with Gasteiger partial charge in [-0.05, 0) is 29.2 Å². The molecule has 0 aliphatic heterocycles. The molecule has 0 fully saturated rings. The van der Waals surface area contributed by atoms with E-state index in [1.807, 2.05) is 44.2 Å². The van der Waals surface area contributed by atoms with E-state index in [-0.39, 0.29) is 55.4 Å². The van der Waals surface area contributed by atoms with E-state index in [4.69, 9.17) is 0 Å². The van der Waals surface area contributed by atoms with Crippen molar-refractivity contribution in [3.8, 4) is 0 Å². The van der Waals surface area contributed by atoms with Crippen molar-refractivity contribution >= 4 is 17.7 Å². The van der Waals surface area contributed by atoms with Gasteiger partial charge in [-0.1, -0.05) is 56.3 Å². The molecule has 30 heavy (non-hydrogen) atoms. The van der Waals surface area contributed by atoms with Gasteiger partial charge in [0.05, 0.1) is 12.8 Å². The summed E-state index contributed by atoms with van der Waals surface area (Å²) in [5.74, 6) is -1.26. The van der Waals surface area contributed by atoms with Crippen molar-refractivity contribution in [2.45, 2.75) is 32.7 Å². The van der Waals surface area contributed by atoms with Gasteiger partial charge < -0.3 is 16.0 Å². The highest BCUT2D eigenvalue weighted by Crippen LogP contribution is 2.05. The zero-order valence-corrected chi connectivity index (χ0v) is 17.3. The van der Waals surface area contributed by atoms with Gasteiger partial charge in [-0.3, -0.25) is 14.4 Å². The molecule has 0 aliphatic rings. The lowest BCUT2D eigenvalue weighted by atomic mass is 10.0. The number of nitrogens with one attached hydrogen (secondary N) is 3. The second-order valence-corrected chi connectivity index (χ2v) is 7.40. The summed E-state index contributed by atoms with van der Waals surface area (Å²) in [5.41, 5.74) is 1.46. The van der Waals surface area contributed by atoms with E-state index in [9.17, 15) is 18.8 Å². The first-order chi connectivity index (χ1) is 14.3. The molecule has 2 rings (SSSR count). The topological polar surface area (TPSA) is 87.3 Å². The Kier molecular flexibility index (Phi) is 9.00. The molecule has 1 unspecified atom stereocenters. The Bertz CT molecular complexity index is 856. The molecule has 0 saturated heterocycles. The molecule has 6 nitrogen and oxygen atoms in total. The Morgan fingerprint density at radius 2 is 1.47 bits per heavy atom. The van der Waals surface area contributed by atoms with Gasteiger partial charge in [-0.15, -0.1) is 0 Å². The predicted octanol–water partition coefficient (Wildman–Crippen LogP) is 1.98. The number of hydrogen-bond donors (Lipinski definition) is 3. The lowest BCUT2D eigenvalue weighted by molar-refractivity contribution is -0.129. The van der Waals surface area contributed by atoms with E-state index in [0.29, 0.717) is 5.56 Å². The van der Waals surface area contributed by atoms with Crippen molar-refractivity contribution < 1.29 is 18.8 Å². The number of rotatable bonds is 10. The second-order valence-electron chi connectivity index (χ2n) is 7.40. The first-order valence-electron chi connectivity index (χ1n) is 9.97. The van der Waals surface area contributed by atoms with Crippen molar-refractivity contribution in [2.24, 2.45) is 5.92 Å². The SMILES string of the molecule is CC(C)C(NC(=O)Cc1ccccc1)C(=O)NCCNC(=O)Cc1cccc(F)c1. The maximum atomic E-state index is 13.2. The Morgan fingerprint density at radius 1 is 0.833 bits per heavy atom. The molecule has 2 aromatic carbocycles. The summed E-state index contributed by atoms with van der Waals surface area (Å²) in [6.07, 6.45) is 0.267. The molecule has 3 N–H and O–H groups in total. The zero-order valence-electron chi connectivity index (χ0n) is 17.3. The molecule has 0 aromatic heterocycles. The fourth-order valence-corrected chi connectivity index (χ4v) is 2.93. The molecule has 0 heterocycles. The van der Waals surface area contributed by atoms with Crippen LogP contribution in [-0.2, 0) is 27.2 Å². The van der Waals surface area contributed by atoms with Crippen LogP contribution in [0.25, 0.3) is 0 Å². The lowest BCUT2D eigenvalue weighted by Gasteiger charge is -2.22. The quantitative estimate of drug-likeness (QED) is 0.521. The third-order valence-corrected chi connectivity index (χ3v) is 4.47. The third-order valence-electron chi connectivity index (χ3n) is 4.47. The second kappa shape index (κ2) is 11.7. The van der Waals surface area contributed by atoms with Crippen LogP contribution in [0.2, 0.25) is 0 Å². The predicted molar refractivity (Wildman–Crippen MR) is 113 cm³/mol. The van der Waals surface area contributed by atoms with Crippen LogP contribution in [0, 0.1) is 11.7 Å². The monoisotopic (exact) mass is 413 g/mol. The van der Waals surface area contributed by atoms with Gasteiger partial charge in [0.1, 0.15) is 11.9 Å². The van der Waals surface area contributed by atoms with Crippen LogP contribution in [0.15, 0.2) is 54.6 Å².